The van der Waals surface area contributed by atoms with Crippen molar-refractivity contribution in [2.75, 3.05) is 39.3 Å². The minimum Gasteiger partial charge on any atom is -0.315 e. The van der Waals surface area contributed by atoms with Crippen molar-refractivity contribution in [2.45, 2.75) is 37.8 Å². The number of piperidine rings is 1. The number of benzene rings is 1. The summed E-state index contributed by atoms with van der Waals surface area (Å²) in [5.74, 6) is 0.941. The highest BCUT2D eigenvalue weighted by Gasteiger charge is 2.41. The summed E-state index contributed by atoms with van der Waals surface area (Å²) in [6.45, 7) is 7.66. The van der Waals surface area contributed by atoms with Gasteiger partial charge in [0.05, 0.1) is 0 Å². The van der Waals surface area contributed by atoms with Crippen molar-refractivity contribution in [2.24, 2.45) is 5.92 Å². The fourth-order valence-electron chi connectivity index (χ4n) is 4.74. The molecule has 1 aromatic rings. The summed E-state index contributed by atoms with van der Waals surface area (Å²) in [5.41, 5.74) is 1.48. The van der Waals surface area contributed by atoms with E-state index in [0.29, 0.717) is 0 Å². The molecule has 1 aromatic carbocycles. The van der Waals surface area contributed by atoms with E-state index in [1.54, 1.807) is 0 Å². The summed E-state index contributed by atoms with van der Waals surface area (Å²) in [6, 6.07) is 12.6. The molecule has 3 aliphatic rings. The van der Waals surface area contributed by atoms with Gasteiger partial charge in [-0.1, -0.05) is 30.3 Å². The third-order valence-electron chi connectivity index (χ3n) is 6.07. The Kier molecular flexibility index (Phi) is 4.47. The van der Waals surface area contributed by atoms with Crippen molar-refractivity contribution in [1.82, 2.24) is 15.1 Å². The molecule has 4 rings (SSSR count). The van der Waals surface area contributed by atoms with E-state index in [1.807, 2.05) is 0 Å². The Morgan fingerprint density at radius 1 is 0.955 bits per heavy atom. The summed E-state index contributed by atoms with van der Waals surface area (Å²) in [5, 5.41) is 3.59. The highest BCUT2D eigenvalue weighted by atomic mass is 15.3. The maximum absolute atomic E-state index is 3.59. The van der Waals surface area contributed by atoms with Crippen molar-refractivity contribution in [3.05, 3.63) is 35.9 Å². The second-order valence-corrected chi connectivity index (χ2v) is 7.32. The number of hydrogen-bond acceptors (Lipinski definition) is 3. The molecule has 3 heteroatoms. The van der Waals surface area contributed by atoms with Crippen molar-refractivity contribution in [3.63, 3.8) is 0 Å². The van der Waals surface area contributed by atoms with Crippen LogP contribution in [0.4, 0.5) is 0 Å². The van der Waals surface area contributed by atoms with Crippen molar-refractivity contribution in [1.29, 1.82) is 0 Å². The maximum Gasteiger partial charge on any atom is 0.0264 e. The van der Waals surface area contributed by atoms with Crippen LogP contribution in [-0.2, 0) is 6.42 Å². The number of fused-ring (bicyclic) bond motifs is 1. The van der Waals surface area contributed by atoms with Gasteiger partial charge in [0.25, 0.3) is 0 Å². The van der Waals surface area contributed by atoms with Gasteiger partial charge in [0.1, 0.15) is 0 Å². The van der Waals surface area contributed by atoms with Gasteiger partial charge in [-0.15, -0.1) is 0 Å². The van der Waals surface area contributed by atoms with Gasteiger partial charge >= 0.3 is 0 Å². The van der Waals surface area contributed by atoms with Crippen molar-refractivity contribution >= 4 is 0 Å². The molecule has 0 spiro atoms. The number of hydrogen-bond donors (Lipinski definition) is 1. The van der Waals surface area contributed by atoms with Gasteiger partial charge in [0.15, 0.2) is 0 Å². The smallest absolute Gasteiger partial charge is 0.0264 e. The van der Waals surface area contributed by atoms with Crippen LogP contribution in [0.15, 0.2) is 30.3 Å². The molecular weight excluding hydrogens is 270 g/mol. The molecular formula is C19H29N3. The summed E-state index contributed by atoms with van der Waals surface area (Å²) in [6.07, 6.45) is 5.37. The maximum atomic E-state index is 3.59. The molecule has 0 unspecified atom stereocenters. The molecule has 3 heterocycles. The van der Waals surface area contributed by atoms with E-state index in [4.69, 9.17) is 0 Å². The predicted octanol–water partition coefficient (Wildman–Crippen LogP) is 1.99. The van der Waals surface area contributed by atoms with Crippen LogP contribution < -0.4 is 5.32 Å². The van der Waals surface area contributed by atoms with Crippen LogP contribution >= 0.6 is 0 Å². The average molecular weight is 299 g/mol. The lowest BCUT2D eigenvalue weighted by atomic mass is 10.00. The monoisotopic (exact) mass is 299 g/mol. The zero-order valence-electron chi connectivity index (χ0n) is 13.6. The van der Waals surface area contributed by atoms with E-state index >= 15 is 0 Å². The SMILES string of the molecule is c1ccc(CCN2CCC(N3CC[C@H]4CNC[C@H]43)CC2)cc1. The van der Waals surface area contributed by atoms with E-state index in [1.165, 1.54) is 70.5 Å². The zero-order chi connectivity index (χ0) is 14.8. The van der Waals surface area contributed by atoms with Crippen LogP contribution in [-0.4, -0.2) is 61.2 Å². The number of nitrogens with one attached hydrogen (secondary N) is 1. The lowest BCUT2D eigenvalue weighted by Gasteiger charge is -2.39. The molecule has 0 bridgehead atoms. The molecule has 0 aromatic heterocycles. The Morgan fingerprint density at radius 2 is 1.77 bits per heavy atom. The van der Waals surface area contributed by atoms with E-state index in [0.717, 1.165) is 18.0 Å². The number of likely N-dealkylation sites (tertiary alicyclic amines) is 2. The molecule has 3 saturated heterocycles. The summed E-state index contributed by atoms with van der Waals surface area (Å²) >= 11 is 0. The van der Waals surface area contributed by atoms with Gasteiger partial charge < -0.3 is 10.2 Å². The van der Waals surface area contributed by atoms with Gasteiger partial charge in [0.2, 0.25) is 0 Å². The third-order valence-corrected chi connectivity index (χ3v) is 6.07. The minimum absolute atomic E-state index is 0.848. The minimum atomic E-state index is 0.848. The van der Waals surface area contributed by atoms with E-state index in [9.17, 15) is 0 Å². The molecule has 3 nitrogen and oxygen atoms in total. The Balaban J connectivity index is 1.24. The van der Waals surface area contributed by atoms with Crippen LogP contribution in [0.3, 0.4) is 0 Å². The lowest BCUT2D eigenvalue weighted by Crippen LogP contribution is -2.48. The summed E-state index contributed by atoms with van der Waals surface area (Å²) < 4.78 is 0. The highest BCUT2D eigenvalue weighted by Crippen LogP contribution is 2.31. The first-order chi connectivity index (χ1) is 10.9. The number of rotatable bonds is 4. The number of nitrogens with zero attached hydrogens (tertiary/aromatic N) is 2. The first-order valence-corrected chi connectivity index (χ1v) is 9.13. The van der Waals surface area contributed by atoms with Crippen LogP contribution in [0, 0.1) is 5.92 Å². The summed E-state index contributed by atoms with van der Waals surface area (Å²) in [4.78, 5) is 5.52. The molecule has 120 valence electrons. The Hall–Kier alpha value is -0.900. The molecule has 22 heavy (non-hydrogen) atoms. The largest absolute Gasteiger partial charge is 0.315 e. The summed E-state index contributed by atoms with van der Waals surface area (Å²) in [7, 11) is 0. The van der Waals surface area contributed by atoms with Gasteiger partial charge in [0, 0.05) is 25.2 Å². The predicted molar refractivity (Wildman–Crippen MR) is 91.1 cm³/mol. The molecule has 0 aliphatic carbocycles. The molecule has 3 fully saturated rings. The van der Waals surface area contributed by atoms with E-state index in [2.05, 4.69) is 45.4 Å². The standard InChI is InChI=1S/C19H29N3/c1-2-4-16(5-3-1)6-10-21-11-8-18(9-12-21)22-13-7-17-14-20-15-19(17)22/h1-5,17-20H,6-15H2/t17-,19+/m0/s1. The normalized spacial score (nSPS) is 30.7. The second-order valence-electron chi connectivity index (χ2n) is 7.32. The van der Waals surface area contributed by atoms with Crippen LogP contribution in [0.5, 0.6) is 0 Å². The molecule has 0 radical (unpaired) electrons. The Labute approximate surface area is 134 Å². The Morgan fingerprint density at radius 3 is 2.59 bits per heavy atom. The lowest BCUT2D eigenvalue weighted by molar-refractivity contribution is 0.0994. The van der Waals surface area contributed by atoms with Gasteiger partial charge in [-0.25, -0.2) is 0 Å². The fraction of sp³-hybridized carbons (Fsp3) is 0.684. The third kappa shape index (κ3) is 3.08. The molecule has 2 atom stereocenters. The van der Waals surface area contributed by atoms with Crippen LogP contribution in [0.25, 0.3) is 0 Å². The average Bonchev–Trinajstić information content (AvgIpc) is 3.18. The van der Waals surface area contributed by atoms with Crippen LogP contribution in [0.1, 0.15) is 24.8 Å². The van der Waals surface area contributed by atoms with Gasteiger partial charge in [-0.2, -0.15) is 0 Å². The highest BCUT2D eigenvalue weighted by molar-refractivity contribution is 5.14. The topological polar surface area (TPSA) is 18.5 Å². The first-order valence-electron chi connectivity index (χ1n) is 9.13. The van der Waals surface area contributed by atoms with Gasteiger partial charge in [-0.3, -0.25) is 4.90 Å². The zero-order valence-corrected chi connectivity index (χ0v) is 13.6. The Bertz CT molecular complexity index is 467. The van der Waals surface area contributed by atoms with Gasteiger partial charge in [-0.05, 0) is 63.3 Å². The van der Waals surface area contributed by atoms with E-state index in [-0.39, 0.29) is 0 Å². The van der Waals surface area contributed by atoms with Crippen LogP contribution in [0.2, 0.25) is 0 Å². The second kappa shape index (κ2) is 6.69. The quantitative estimate of drug-likeness (QED) is 0.917. The molecule has 1 N–H and O–H groups in total. The fourth-order valence-corrected chi connectivity index (χ4v) is 4.74. The molecule has 3 aliphatic heterocycles. The first kappa shape index (κ1) is 14.7. The van der Waals surface area contributed by atoms with E-state index < -0.39 is 0 Å². The molecule has 0 saturated carbocycles. The molecule has 0 amide bonds. The van der Waals surface area contributed by atoms with Crippen molar-refractivity contribution in [3.8, 4) is 0 Å². The van der Waals surface area contributed by atoms with Crippen molar-refractivity contribution < 1.29 is 0 Å².